The number of rotatable bonds is 5. The third-order valence-corrected chi connectivity index (χ3v) is 3.93. The number of imidazole rings is 1. The number of nitrogens with zero attached hydrogens (tertiary/aromatic N) is 4. The summed E-state index contributed by atoms with van der Waals surface area (Å²) >= 11 is 0. The van der Waals surface area contributed by atoms with Gasteiger partial charge in [-0.25, -0.2) is 9.97 Å². The highest BCUT2D eigenvalue weighted by molar-refractivity contribution is 5.39. The molecule has 0 aromatic carbocycles. The molecule has 6 heteroatoms. The molecule has 1 N–H and O–H groups in total. The number of ether oxygens (including phenoxy) is 1. The lowest BCUT2D eigenvalue weighted by Gasteiger charge is -2.32. The molecule has 0 saturated carbocycles. The standard InChI is InChI=1S/C16H23N5O/c1-13-11-21(5-6-22-13)16-4-3-14(8-19-16)7-17-9-15-10-18-12-20(15)2/h3-4,8,10,12-13,17H,5-7,9,11H2,1-2H3. The van der Waals surface area contributed by atoms with Gasteiger partial charge in [0.2, 0.25) is 0 Å². The van der Waals surface area contributed by atoms with Gasteiger partial charge >= 0.3 is 0 Å². The Morgan fingerprint density at radius 3 is 2.91 bits per heavy atom. The second-order valence-corrected chi connectivity index (χ2v) is 5.75. The Morgan fingerprint density at radius 1 is 1.32 bits per heavy atom. The molecule has 2 aromatic rings. The van der Waals surface area contributed by atoms with Crippen LogP contribution >= 0.6 is 0 Å². The van der Waals surface area contributed by atoms with Crippen molar-refractivity contribution in [3.8, 4) is 0 Å². The predicted octanol–water partition coefficient (Wildman–Crippen LogP) is 1.33. The molecule has 6 nitrogen and oxygen atoms in total. The summed E-state index contributed by atoms with van der Waals surface area (Å²) in [4.78, 5) is 11.0. The summed E-state index contributed by atoms with van der Waals surface area (Å²) in [6, 6.07) is 4.23. The lowest BCUT2D eigenvalue weighted by atomic mass is 10.2. The van der Waals surface area contributed by atoms with Gasteiger partial charge in [-0.2, -0.15) is 0 Å². The van der Waals surface area contributed by atoms with Crippen molar-refractivity contribution in [2.45, 2.75) is 26.1 Å². The quantitative estimate of drug-likeness (QED) is 0.903. The molecule has 1 fully saturated rings. The van der Waals surface area contributed by atoms with Crippen LogP contribution in [-0.2, 0) is 24.9 Å². The Kier molecular flexibility index (Phi) is 4.70. The third-order valence-electron chi connectivity index (χ3n) is 3.93. The zero-order valence-electron chi connectivity index (χ0n) is 13.2. The molecular weight excluding hydrogens is 278 g/mol. The number of hydrogen-bond donors (Lipinski definition) is 1. The van der Waals surface area contributed by atoms with E-state index in [0.29, 0.717) is 0 Å². The molecule has 22 heavy (non-hydrogen) atoms. The molecule has 1 aliphatic rings. The number of morpholine rings is 1. The number of nitrogens with one attached hydrogen (secondary N) is 1. The Balaban J connectivity index is 1.52. The Hall–Kier alpha value is -1.92. The van der Waals surface area contributed by atoms with Gasteiger partial charge in [-0.05, 0) is 18.6 Å². The molecule has 0 radical (unpaired) electrons. The normalized spacial score (nSPS) is 18.6. The molecule has 0 bridgehead atoms. The Bertz CT molecular complexity index is 595. The van der Waals surface area contributed by atoms with Crippen LogP contribution < -0.4 is 10.2 Å². The third kappa shape index (κ3) is 3.64. The van der Waals surface area contributed by atoms with Crippen molar-refractivity contribution >= 4 is 5.82 Å². The van der Waals surface area contributed by atoms with E-state index >= 15 is 0 Å². The van der Waals surface area contributed by atoms with E-state index in [2.05, 4.69) is 39.2 Å². The summed E-state index contributed by atoms with van der Waals surface area (Å²) in [7, 11) is 2.00. The van der Waals surface area contributed by atoms with Gasteiger partial charge in [0.15, 0.2) is 0 Å². The van der Waals surface area contributed by atoms with Crippen molar-refractivity contribution in [1.82, 2.24) is 19.9 Å². The molecule has 118 valence electrons. The summed E-state index contributed by atoms with van der Waals surface area (Å²) in [5, 5.41) is 3.42. The number of hydrogen-bond acceptors (Lipinski definition) is 5. The van der Waals surface area contributed by atoms with Crippen molar-refractivity contribution in [2.75, 3.05) is 24.6 Å². The minimum Gasteiger partial charge on any atom is -0.375 e. The van der Waals surface area contributed by atoms with Gasteiger partial charge in [-0.15, -0.1) is 0 Å². The van der Waals surface area contributed by atoms with E-state index in [9.17, 15) is 0 Å². The lowest BCUT2D eigenvalue weighted by Crippen LogP contribution is -2.41. The van der Waals surface area contributed by atoms with Gasteiger partial charge < -0.3 is 19.5 Å². The molecule has 0 amide bonds. The summed E-state index contributed by atoms with van der Waals surface area (Å²) < 4.78 is 7.59. The van der Waals surface area contributed by atoms with E-state index in [-0.39, 0.29) is 6.10 Å². The highest BCUT2D eigenvalue weighted by Gasteiger charge is 2.17. The Morgan fingerprint density at radius 2 is 2.23 bits per heavy atom. The smallest absolute Gasteiger partial charge is 0.128 e. The van der Waals surface area contributed by atoms with Crippen molar-refractivity contribution in [1.29, 1.82) is 0 Å². The van der Waals surface area contributed by atoms with Crippen LogP contribution in [0.4, 0.5) is 5.82 Å². The summed E-state index contributed by atoms with van der Waals surface area (Å²) in [5.74, 6) is 1.03. The minimum atomic E-state index is 0.274. The second kappa shape index (κ2) is 6.89. The molecule has 1 atom stereocenters. The average molecular weight is 301 g/mol. The molecule has 1 unspecified atom stereocenters. The maximum absolute atomic E-state index is 5.56. The van der Waals surface area contributed by atoms with Gasteiger partial charge in [-0.1, -0.05) is 6.07 Å². The first-order chi connectivity index (χ1) is 10.7. The van der Waals surface area contributed by atoms with Crippen LogP contribution in [-0.4, -0.2) is 40.3 Å². The first-order valence-electron chi connectivity index (χ1n) is 7.70. The van der Waals surface area contributed by atoms with Crippen LogP contribution in [0.2, 0.25) is 0 Å². The van der Waals surface area contributed by atoms with E-state index in [4.69, 9.17) is 4.74 Å². The van der Waals surface area contributed by atoms with Crippen LogP contribution in [0.15, 0.2) is 30.9 Å². The largest absolute Gasteiger partial charge is 0.375 e. The van der Waals surface area contributed by atoms with E-state index < -0.39 is 0 Å². The first kappa shape index (κ1) is 15.0. The fourth-order valence-corrected chi connectivity index (χ4v) is 2.62. The highest BCUT2D eigenvalue weighted by Crippen LogP contribution is 2.15. The summed E-state index contributed by atoms with van der Waals surface area (Å²) in [5.41, 5.74) is 2.36. The molecule has 1 aliphatic heterocycles. The highest BCUT2D eigenvalue weighted by atomic mass is 16.5. The van der Waals surface area contributed by atoms with Gasteiger partial charge in [-0.3, -0.25) is 0 Å². The summed E-state index contributed by atoms with van der Waals surface area (Å²) in [6.45, 7) is 6.30. The maximum Gasteiger partial charge on any atom is 0.128 e. The minimum absolute atomic E-state index is 0.274. The van der Waals surface area contributed by atoms with E-state index in [1.165, 1.54) is 11.3 Å². The summed E-state index contributed by atoms with van der Waals surface area (Å²) in [6.07, 6.45) is 5.92. The molecule has 3 rings (SSSR count). The van der Waals surface area contributed by atoms with Gasteiger partial charge in [0.05, 0.1) is 24.7 Å². The van der Waals surface area contributed by atoms with Crippen LogP contribution in [0.5, 0.6) is 0 Å². The Labute approximate surface area is 131 Å². The van der Waals surface area contributed by atoms with Gasteiger partial charge in [0.1, 0.15) is 5.82 Å². The molecule has 2 aromatic heterocycles. The van der Waals surface area contributed by atoms with Crippen LogP contribution in [0, 0.1) is 0 Å². The zero-order chi connectivity index (χ0) is 15.4. The predicted molar refractivity (Wildman–Crippen MR) is 85.6 cm³/mol. The first-order valence-corrected chi connectivity index (χ1v) is 7.70. The van der Waals surface area contributed by atoms with Crippen LogP contribution in [0.25, 0.3) is 0 Å². The number of pyridine rings is 1. The molecule has 0 spiro atoms. The van der Waals surface area contributed by atoms with Gasteiger partial charge in [0.25, 0.3) is 0 Å². The maximum atomic E-state index is 5.56. The van der Waals surface area contributed by atoms with E-state index in [1.807, 2.05) is 30.3 Å². The fraction of sp³-hybridized carbons (Fsp3) is 0.500. The van der Waals surface area contributed by atoms with Crippen molar-refractivity contribution < 1.29 is 4.74 Å². The van der Waals surface area contributed by atoms with E-state index in [1.54, 1.807) is 0 Å². The molecular formula is C16H23N5O. The lowest BCUT2D eigenvalue weighted by molar-refractivity contribution is 0.0529. The fourth-order valence-electron chi connectivity index (χ4n) is 2.62. The average Bonchev–Trinajstić information content (AvgIpc) is 2.93. The number of aromatic nitrogens is 3. The molecule has 1 saturated heterocycles. The zero-order valence-corrected chi connectivity index (χ0v) is 13.2. The SMILES string of the molecule is CC1CN(c2ccc(CNCc3cncn3C)cn2)CCO1. The molecule has 0 aliphatic carbocycles. The van der Waals surface area contributed by atoms with Crippen LogP contribution in [0.1, 0.15) is 18.2 Å². The monoisotopic (exact) mass is 301 g/mol. The van der Waals surface area contributed by atoms with Crippen molar-refractivity contribution in [3.63, 3.8) is 0 Å². The van der Waals surface area contributed by atoms with Gasteiger partial charge in [0, 0.05) is 45.6 Å². The second-order valence-electron chi connectivity index (χ2n) is 5.75. The number of aryl methyl sites for hydroxylation is 1. The number of anilines is 1. The molecule has 3 heterocycles. The van der Waals surface area contributed by atoms with E-state index in [0.717, 1.165) is 38.6 Å². The topological polar surface area (TPSA) is 55.2 Å². The van der Waals surface area contributed by atoms with Crippen molar-refractivity contribution in [2.24, 2.45) is 7.05 Å². The van der Waals surface area contributed by atoms with Crippen molar-refractivity contribution in [3.05, 3.63) is 42.1 Å². The van der Waals surface area contributed by atoms with Crippen LogP contribution in [0.3, 0.4) is 0 Å².